The van der Waals surface area contributed by atoms with Crippen molar-refractivity contribution in [2.45, 2.75) is 78.6 Å². The molecule has 5 heteroatoms. The van der Waals surface area contributed by atoms with Crippen LogP contribution in [0.5, 0.6) is 0 Å². The lowest BCUT2D eigenvalue weighted by atomic mass is 9.87. The molecule has 0 aliphatic carbocycles. The largest absolute Gasteiger partial charge is 0.461 e. The molecule has 0 N–H and O–H groups in total. The SMILES string of the molecule is CC(C)(C)c1cc2cc(F)ccc2o1.CC(C)(C)c1ccc(F)c(F)c1.CC(C)(C)c1ccc(F)cc1. The molecule has 0 bridgehead atoms. The summed E-state index contributed by atoms with van der Waals surface area (Å²) in [5.41, 5.74) is 2.68. The Hall–Kier alpha value is -3.08. The Balaban J connectivity index is 0.000000197. The smallest absolute Gasteiger partial charge is 0.159 e. The molecule has 0 radical (unpaired) electrons. The zero-order valence-corrected chi connectivity index (χ0v) is 23.3. The van der Waals surface area contributed by atoms with Gasteiger partial charge in [-0.25, -0.2) is 17.6 Å². The zero-order valence-electron chi connectivity index (χ0n) is 23.3. The van der Waals surface area contributed by atoms with Gasteiger partial charge in [0.2, 0.25) is 0 Å². The normalized spacial score (nSPS) is 11.9. The molecule has 4 aromatic rings. The number of furan rings is 1. The van der Waals surface area contributed by atoms with Crippen molar-refractivity contribution in [2.24, 2.45) is 0 Å². The van der Waals surface area contributed by atoms with Crippen molar-refractivity contribution in [3.63, 3.8) is 0 Å². The Morgan fingerprint density at radius 3 is 1.49 bits per heavy atom. The highest BCUT2D eigenvalue weighted by Crippen LogP contribution is 2.29. The second kappa shape index (κ2) is 11.5. The van der Waals surface area contributed by atoms with E-state index in [1.807, 2.05) is 39.0 Å². The molecule has 0 aliphatic heterocycles. The van der Waals surface area contributed by atoms with Gasteiger partial charge >= 0.3 is 0 Å². The fourth-order valence-corrected chi connectivity index (χ4v) is 3.30. The van der Waals surface area contributed by atoms with Crippen LogP contribution in [0.1, 0.15) is 79.2 Å². The number of rotatable bonds is 0. The van der Waals surface area contributed by atoms with Gasteiger partial charge < -0.3 is 4.42 Å². The predicted molar refractivity (Wildman–Crippen MR) is 145 cm³/mol. The second-order valence-corrected chi connectivity index (χ2v) is 12.2. The third-order valence-corrected chi connectivity index (χ3v) is 5.71. The Labute approximate surface area is 218 Å². The highest BCUT2D eigenvalue weighted by Gasteiger charge is 2.19. The average Bonchev–Trinajstić information content (AvgIpc) is 3.19. The van der Waals surface area contributed by atoms with Gasteiger partial charge in [-0.3, -0.25) is 0 Å². The molecule has 4 rings (SSSR count). The van der Waals surface area contributed by atoms with E-state index in [2.05, 4.69) is 41.5 Å². The molecule has 0 atom stereocenters. The summed E-state index contributed by atoms with van der Waals surface area (Å²) < 4.78 is 56.2. The van der Waals surface area contributed by atoms with Crippen LogP contribution in [-0.4, -0.2) is 0 Å². The Morgan fingerprint density at radius 1 is 0.486 bits per heavy atom. The number of halogens is 4. The summed E-state index contributed by atoms with van der Waals surface area (Å²) in [6.07, 6.45) is 0. The first-order chi connectivity index (χ1) is 16.9. The Bertz CT molecular complexity index is 1300. The lowest BCUT2D eigenvalue weighted by Crippen LogP contribution is -2.11. The highest BCUT2D eigenvalue weighted by atomic mass is 19.2. The molecule has 0 aliphatic rings. The van der Waals surface area contributed by atoms with Crippen molar-refractivity contribution in [3.05, 3.63) is 107 Å². The quantitative estimate of drug-likeness (QED) is 0.213. The first-order valence-electron chi connectivity index (χ1n) is 12.3. The second-order valence-electron chi connectivity index (χ2n) is 12.2. The number of fused-ring (bicyclic) bond motifs is 1. The summed E-state index contributed by atoms with van der Waals surface area (Å²) in [5, 5.41) is 0.829. The Kier molecular flexibility index (Phi) is 9.40. The highest BCUT2D eigenvalue weighted by molar-refractivity contribution is 5.78. The number of hydrogen-bond donors (Lipinski definition) is 0. The minimum absolute atomic E-state index is 0.0322. The molecule has 0 saturated heterocycles. The molecule has 0 amide bonds. The van der Waals surface area contributed by atoms with Crippen LogP contribution in [0.25, 0.3) is 11.0 Å². The van der Waals surface area contributed by atoms with Crippen LogP contribution in [0.3, 0.4) is 0 Å². The van der Waals surface area contributed by atoms with Crippen molar-refractivity contribution in [1.82, 2.24) is 0 Å². The van der Waals surface area contributed by atoms with E-state index in [1.54, 1.807) is 12.1 Å². The molecule has 0 spiro atoms. The average molecular weight is 515 g/mol. The van der Waals surface area contributed by atoms with Gasteiger partial charge in [-0.15, -0.1) is 0 Å². The van der Waals surface area contributed by atoms with E-state index >= 15 is 0 Å². The summed E-state index contributed by atoms with van der Waals surface area (Å²) in [7, 11) is 0. The van der Waals surface area contributed by atoms with Gasteiger partial charge in [-0.05, 0) is 70.5 Å². The lowest BCUT2D eigenvalue weighted by molar-refractivity contribution is 0.430. The molecular formula is C32H38F4O. The van der Waals surface area contributed by atoms with Crippen molar-refractivity contribution < 1.29 is 22.0 Å². The summed E-state index contributed by atoms with van der Waals surface area (Å²) in [6.45, 7) is 18.4. The van der Waals surface area contributed by atoms with Crippen LogP contribution < -0.4 is 0 Å². The lowest BCUT2D eigenvalue weighted by Gasteiger charge is -2.18. The molecule has 0 saturated carbocycles. The van der Waals surface area contributed by atoms with Crippen LogP contribution in [0.15, 0.2) is 71.1 Å². The van der Waals surface area contributed by atoms with Gasteiger partial charge in [-0.1, -0.05) is 80.5 Å². The van der Waals surface area contributed by atoms with Crippen LogP contribution in [-0.2, 0) is 16.2 Å². The van der Waals surface area contributed by atoms with E-state index in [4.69, 9.17) is 4.42 Å². The number of benzene rings is 3. The molecule has 0 unspecified atom stereocenters. The monoisotopic (exact) mass is 514 g/mol. The van der Waals surface area contributed by atoms with Gasteiger partial charge in [0.15, 0.2) is 11.6 Å². The topological polar surface area (TPSA) is 13.1 Å². The summed E-state index contributed by atoms with van der Waals surface area (Å²) >= 11 is 0. The Morgan fingerprint density at radius 2 is 1.00 bits per heavy atom. The van der Waals surface area contributed by atoms with Crippen LogP contribution in [0.2, 0.25) is 0 Å². The van der Waals surface area contributed by atoms with Gasteiger partial charge in [0.1, 0.15) is 23.0 Å². The first-order valence-corrected chi connectivity index (χ1v) is 12.3. The molecule has 1 aromatic heterocycles. The summed E-state index contributed by atoms with van der Waals surface area (Å²) in [6, 6.07) is 17.2. The van der Waals surface area contributed by atoms with E-state index in [-0.39, 0.29) is 27.9 Å². The molecule has 0 fully saturated rings. The fourth-order valence-electron chi connectivity index (χ4n) is 3.30. The molecule has 1 nitrogen and oxygen atoms in total. The molecule has 1 heterocycles. The van der Waals surface area contributed by atoms with Gasteiger partial charge in [0, 0.05) is 10.8 Å². The zero-order chi connectivity index (χ0) is 28.2. The molecular weight excluding hydrogens is 476 g/mol. The van der Waals surface area contributed by atoms with Crippen molar-refractivity contribution in [1.29, 1.82) is 0 Å². The third kappa shape index (κ3) is 9.07. The van der Waals surface area contributed by atoms with Crippen molar-refractivity contribution in [3.8, 4) is 0 Å². The van der Waals surface area contributed by atoms with E-state index in [1.165, 1.54) is 35.9 Å². The van der Waals surface area contributed by atoms with E-state index in [9.17, 15) is 17.6 Å². The maximum Gasteiger partial charge on any atom is 0.159 e. The van der Waals surface area contributed by atoms with Crippen LogP contribution >= 0.6 is 0 Å². The number of hydrogen-bond acceptors (Lipinski definition) is 1. The maximum atomic E-state index is 12.9. The standard InChI is InChI=1S/C12H13FO.C10H12F2.C10H13F/c1-12(2,3)11-7-8-6-9(13)4-5-10(8)14-11;1-10(2,3)7-4-5-8(11)9(12)6-7;1-10(2,3)8-4-6-9(11)7-5-8/h4-7H,1-3H3;4-6H,1-3H3;4-7H,1-3H3. The molecule has 37 heavy (non-hydrogen) atoms. The summed E-state index contributed by atoms with van der Waals surface area (Å²) in [4.78, 5) is 0. The third-order valence-electron chi connectivity index (χ3n) is 5.71. The summed E-state index contributed by atoms with van der Waals surface area (Å²) in [5.74, 6) is -1.07. The molecule has 200 valence electrons. The van der Waals surface area contributed by atoms with E-state index in [0.717, 1.165) is 28.4 Å². The van der Waals surface area contributed by atoms with Crippen LogP contribution in [0.4, 0.5) is 17.6 Å². The minimum Gasteiger partial charge on any atom is -0.461 e. The van der Waals surface area contributed by atoms with Crippen molar-refractivity contribution in [2.75, 3.05) is 0 Å². The predicted octanol–water partition coefficient (Wildman–Crippen LogP) is 10.3. The van der Waals surface area contributed by atoms with E-state index in [0.29, 0.717) is 0 Å². The van der Waals surface area contributed by atoms with Gasteiger partial charge in [0.05, 0.1) is 0 Å². The van der Waals surface area contributed by atoms with Gasteiger partial charge in [0.25, 0.3) is 0 Å². The van der Waals surface area contributed by atoms with E-state index < -0.39 is 11.6 Å². The van der Waals surface area contributed by atoms with Crippen molar-refractivity contribution >= 4 is 11.0 Å². The first kappa shape index (κ1) is 30.1. The van der Waals surface area contributed by atoms with Crippen LogP contribution in [0, 0.1) is 23.3 Å². The maximum absolute atomic E-state index is 12.9. The molecule has 3 aromatic carbocycles. The fraction of sp³-hybridized carbons (Fsp3) is 0.375. The van der Waals surface area contributed by atoms with Gasteiger partial charge in [-0.2, -0.15) is 0 Å². The minimum atomic E-state index is -0.789.